The number of rotatable bonds is 3. The molecule has 1 heterocycles. The minimum Gasteiger partial charge on any atom is -0.375 e. The molecule has 3 N–H and O–H groups in total. The Kier molecular flexibility index (Phi) is 4.16. The molecule has 3 rings (SSSR count). The third-order valence-corrected chi connectivity index (χ3v) is 5.03. The number of carbonyl (C=O) groups excluding carboxylic acids is 1. The normalized spacial score (nSPS) is 16.4. The van der Waals surface area contributed by atoms with Gasteiger partial charge >= 0.3 is 0 Å². The van der Waals surface area contributed by atoms with Crippen LogP contribution in [-0.4, -0.2) is 16.9 Å². The molecule has 0 radical (unpaired) electrons. The van der Waals surface area contributed by atoms with Crippen molar-refractivity contribution >= 4 is 32.6 Å². The fourth-order valence-electron chi connectivity index (χ4n) is 2.97. The lowest BCUT2D eigenvalue weighted by molar-refractivity contribution is 0.0944. The first kappa shape index (κ1) is 15.0. The van der Waals surface area contributed by atoms with E-state index in [1.807, 2.05) is 19.1 Å². The summed E-state index contributed by atoms with van der Waals surface area (Å²) in [4.78, 5) is 16.8. The average molecular weight is 315 g/mol. The van der Waals surface area contributed by atoms with Crippen LogP contribution in [0.5, 0.6) is 0 Å². The van der Waals surface area contributed by atoms with Crippen LogP contribution in [0, 0.1) is 6.92 Å². The maximum atomic E-state index is 12.5. The van der Waals surface area contributed by atoms with Crippen LogP contribution in [0.25, 0.3) is 10.2 Å². The zero-order valence-electron chi connectivity index (χ0n) is 13.0. The molecule has 0 spiro atoms. The second-order valence-corrected chi connectivity index (χ2v) is 6.97. The Morgan fingerprint density at radius 1 is 1.41 bits per heavy atom. The topological polar surface area (TPSA) is 68.0 Å². The zero-order valence-corrected chi connectivity index (χ0v) is 13.8. The molecule has 5 heteroatoms. The summed E-state index contributed by atoms with van der Waals surface area (Å²) in [5.41, 5.74) is 9.66. The van der Waals surface area contributed by atoms with Gasteiger partial charge in [0.05, 0.1) is 10.2 Å². The lowest BCUT2D eigenvalue weighted by Gasteiger charge is -2.21. The SMILES string of the molecule is Cc1cc(C(=O)NC(C)C2=CCCCC2)cc2sc(N)nc12. The van der Waals surface area contributed by atoms with E-state index in [0.717, 1.165) is 28.6 Å². The van der Waals surface area contributed by atoms with E-state index in [-0.39, 0.29) is 11.9 Å². The predicted octanol–water partition coefficient (Wildman–Crippen LogP) is 3.81. The van der Waals surface area contributed by atoms with Crippen molar-refractivity contribution in [1.29, 1.82) is 0 Å². The summed E-state index contributed by atoms with van der Waals surface area (Å²) in [6.07, 6.45) is 6.96. The molecular weight excluding hydrogens is 294 g/mol. The largest absolute Gasteiger partial charge is 0.375 e. The molecule has 116 valence electrons. The number of fused-ring (bicyclic) bond motifs is 1. The Bertz CT molecular complexity index is 748. The minimum atomic E-state index is -0.0315. The number of nitrogen functional groups attached to an aromatic ring is 1. The molecule has 0 aliphatic heterocycles. The van der Waals surface area contributed by atoms with Gasteiger partial charge in [0, 0.05) is 11.6 Å². The van der Waals surface area contributed by atoms with E-state index in [1.165, 1.54) is 29.8 Å². The van der Waals surface area contributed by atoms with Gasteiger partial charge in [-0.2, -0.15) is 0 Å². The molecule has 1 aromatic heterocycles. The first-order valence-electron chi connectivity index (χ1n) is 7.71. The Balaban J connectivity index is 1.81. The number of allylic oxidation sites excluding steroid dienone is 1. The summed E-state index contributed by atoms with van der Waals surface area (Å²) in [5.74, 6) is -0.0315. The molecule has 0 bridgehead atoms. The van der Waals surface area contributed by atoms with E-state index in [1.54, 1.807) is 0 Å². The van der Waals surface area contributed by atoms with E-state index in [0.29, 0.717) is 10.7 Å². The second kappa shape index (κ2) is 6.08. The summed E-state index contributed by atoms with van der Waals surface area (Å²) in [7, 11) is 0. The Labute approximate surface area is 134 Å². The van der Waals surface area contributed by atoms with Crippen LogP contribution in [0.1, 0.15) is 48.5 Å². The number of thiazole rings is 1. The number of nitrogens with zero attached hydrogens (tertiary/aromatic N) is 1. The number of aryl methyl sites for hydroxylation is 1. The van der Waals surface area contributed by atoms with Crippen LogP contribution in [0.2, 0.25) is 0 Å². The van der Waals surface area contributed by atoms with Gasteiger partial charge in [0.25, 0.3) is 5.91 Å². The average Bonchev–Trinajstić information content (AvgIpc) is 2.89. The monoisotopic (exact) mass is 315 g/mol. The van der Waals surface area contributed by atoms with Gasteiger partial charge < -0.3 is 11.1 Å². The summed E-state index contributed by atoms with van der Waals surface area (Å²) < 4.78 is 0.965. The number of nitrogens with two attached hydrogens (primary N) is 1. The van der Waals surface area contributed by atoms with Crippen LogP contribution in [0.15, 0.2) is 23.8 Å². The highest BCUT2D eigenvalue weighted by Crippen LogP contribution is 2.28. The molecule has 0 saturated carbocycles. The van der Waals surface area contributed by atoms with Gasteiger partial charge in [0.15, 0.2) is 5.13 Å². The van der Waals surface area contributed by atoms with Crippen LogP contribution in [0.3, 0.4) is 0 Å². The number of carbonyl (C=O) groups is 1. The molecule has 1 amide bonds. The van der Waals surface area contributed by atoms with Crippen LogP contribution < -0.4 is 11.1 Å². The number of anilines is 1. The van der Waals surface area contributed by atoms with Crippen molar-refractivity contribution in [1.82, 2.24) is 10.3 Å². The van der Waals surface area contributed by atoms with E-state index in [4.69, 9.17) is 5.73 Å². The third kappa shape index (κ3) is 2.99. The van der Waals surface area contributed by atoms with E-state index < -0.39 is 0 Å². The number of hydrogen-bond donors (Lipinski definition) is 2. The summed E-state index contributed by atoms with van der Waals surface area (Å²) in [6, 6.07) is 3.86. The number of amides is 1. The number of aromatic nitrogens is 1. The van der Waals surface area contributed by atoms with Crippen molar-refractivity contribution in [2.24, 2.45) is 0 Å². The van der Waals surface area contributed by atoms with Gasteiger partial charge in [-0.15, -0.1) is 0 Å². The first-order valence-corrected chi connectivity index (χ1v) is 8.52. The molecular formula is C17H21N3OS. The van der Waals surface area contributed by atoms with Crippen molar-refractivity contribution in [3.05, 3.63) is 34.9 Å². The van der Waals surface area contributed by atoms with Gasteiger partial charge in [-0.25, -0.2) is 4.98 Å². The molecule has 0 saturated heterocycles. The lowest BCUT2D eigenvalue weighted by Crippen LogP contribution is -2.34. The number of benzene rings is 1. The van der Waals surface area contributed by atoms with Gasteiger partial charge in [-0.3, -0.25) is 4.79 Å². The number of hydrogen-bond acceptors (Lipinski definition) is 4. The third-order valence-electron chi connectivity index (χ3n) is 4.19. The van der Waals surface area contributed by atoms with Gasteiger partial charge in [-0.1, -0.05) is 23.0 Å². The quantitative estimate of drug-likeness (QED) is 0.846. The van der Waals surface area contributed by atoms with E-state index in [9.17, 15) is 4.79 Å². The number of nitrogens with one attached hydrogen (secondary N) is 1. The van der Waals surface area contributed by atoms with Crippen molar-refractivity contribution in [2.75, 3.05) is 5.73 Å². The summed E-state index contributed by atoms with van der Waals surface area (Å²) in [6.45, 7) is 4.02. The maximum Gasteiger partial charge on any atom is 0.251 e. The molecule has 22 heavy (non-hydrogen) atoms. The molecule has 1 atom stereocenters. The second-order valence-electron chi connectivity index (χ2n) is 5.91. The minimum absolute atomic E-state index is 0.0315. The Hall–Kier alpha value is -1.88. The van der Waals surface area contributed by atoms with Crippen LogP contribution in [0.4, 0.5) is 5.13 Å². The fraction of sp³-hybridized carbons (Fsp3) is 0.412. The van der Waals surface area contributed by atoms with Crippen molar-refractivity contribution in [3.63, 3.8) is 0 Å². The van der Waals surface area contributed by atoms with Gasteiger partial charge in [0.2, 0.25) is 0 Å². The fourth-order valence-corrected chi connectivity index (χ4v) is 3.83. The molecule has 1 aromatic carbocycles. The summed E-state index contributed by atoms with van der Waals surface area (Å²) in [5, 5.41) is 3.65. The lowest BCUT2D eigenvalue weighted by atomic mass is 9.94. The highest BCUT2D eigenvalue weighted by molar-refractivity contribution is 7.22. The van der Waals surface area contributed by atoms with Gasteiger partial charge in [-0.05, 0) is 57.2 Å². The first-order chi connectivity index (χ1) is 10.5. The highest BCUT2D eigenvalue weighted by Gasteiger charge is 2.16. The Morgan fingerprint density at radius 2 is 2.23 bits per heavy atom. The zero-order chi connectivity index (χ0) is 15.7. The maximum absolute atomic E-state index is 12.5. The molecule has 1 aliphatic rings. The standard InChI is InChI=1S/C17H21N3OS/c1-10-8-13(9-14-15(10)20-17(18)22-14)16(21)19-11(2)12-6-4-3-5-7-12/h6,8-9,11H,3-5,7H2,1-2H3,(H2,18,20)(H,19,21). The van der Waals surface area contributed by atoms with Crippen molar-refractivity contribution < 1.29 is 4.79 Å². The summed E-state index contributed by atoms with van der Waals surface area (Å²) >= 11 is 1.42. The predicted molar refractivity (Wildman–Crippen MR) is 92.2 cm³/mol. The van der Waals surface area contributed by atoms with Crippen molar-refractivity contribution in [3.8, 4) is 0 Å². The molecule has 1 unspecified atom stereocenters. The van der Waals surface area contributed by atoms with E-state index in [2.05, 4.69) is 23.3 Å². The van der Waals surface area contributed by atoms with Gasteiger partial charge in [0.1, 0.15) is 0 Å². The smallest absolute Gasteiger partial charge is 0.251 e. The van der Waals surface area contributed by atoms with Crippen molar-refractivity contribution in [2.45, 2.75) is 45.6 Å². The Morgan fingerprint density at radius 3 is 2.95 bits per heavy atom. The molecule has 1 aliphatic carbocycles. The van der Waals surface area contributed by atoms with E-state index >= 15 is 0 Å². The molecule has 4 nitrogen and oxygen atoms in total. The van der Waals surface area contributed by atoms with Crippen LogP contribution >= 0.6 is 11.3 Å². The van der Waals surface area contributed by atoms with Crippen LogP contribution in [-0.2, 0) is 0 Å². The molecule has 0 fully saturated rings. The molecule has 2 aromatic rings. The highest BCUT2D eigenvalue weighted by atomic mass is 32.1.